The average Bonchev–Trinajstić information content (AvgIpc) is 3.07. The number of benzene rings is 8. The molecule has 0 aliphatic heterocycles. The fourth-order valence-corrected chi connectivity index (χ4v) is 6.96. The molecule has 1 aromatic heterocycles. The zero-order valence-corrected chi connectivity index (χ0v) is 23.2. The third-order valence-electron chi connectivity index (χ3n) is 8.75. The minimum absolute atomic E-state index is 0.0639. The van der Waals surface area contributed by atoms with Crippen LogP contribution in [0, 0.1) is 0 Å². The van der Waals surface area contributed by atoms with E-state index in [1.165, 1.54) is 10.8 Å². The van der Waals surface area contributed by atoms with Gasteiger partial charge in [-0.1, -0.05) is 121 Å². The lowest BCUT2D eigenvalue weighted by Crippen LogP contribution is -2.34. The molecule has 0 atom stereocenters. The van der Waals surface area contributed by atoms with Crippen LogP contribution in [0.4, 0.5) is 0 Å². The highest BCUT2D eigenvalue weighted by Crippen LogP contribution is 2.47. The van der Waals surface area contributed by atoms with Crippen molar-refractivity contribution in [3.05, 3.63) is 146 Å². The topological polar surface area (TPSA) is 39.8 Å². The predicted octanol–water partition coefficient (Wildman–Crippen LogP) is 9.02. The van der Waals surface area contributed by atoms with Crippen LogP contribution in [0.2, 0.25) is 0 Å². The van der Waals surface area contributed by atoms with Crippen LogP contribution in [0.25, 0.3) is 82.0 Å². The molecular weight excluding hydrogens is 524 g/mol. The summed E-state index contributed by atoms with van der Waals surface area (Å²) in [6.07, 6.45) is 0. The lowest BCUT2D eigenvalue weighted by molar-refractivity contribution is -0.535. The minimum Gasteiger partial charge on any atom is -0.872 e. The van der Waals surface area contributed by atoms with Crippen LogP contribution in [0.5, 0.6) is 5.75 Å². The lowest BCUT2D eigenvalue weighted by atomic mass is 9.85. The molecule has 0 fully saturated rings. The molecule has 0 unspecified atom stereocenters. The van der Waals surface area contributed by atoms with E-state index < -0.39 is 0 Å². The van der Waals surface area contributed by atoms with Gasteiger partial charge in [-0.3, -0.25) is 0 Å². The van der Waals surface area contributed by atoms with Crippen LogP contribution >= 0.6 is 0 Å². The van der Waals surface area contributed by atoms with Gasteiger partial charge in [0.2, 0.25) is 16.7 Å². The van der Waals surface area contributed by atoms with E-state index in [1.54, 1.807) is 0 Å². The van der Waals surface area contributed by atoms with Crippen molar-refractivity contribution in [1.29, 1.82) is 0 Å². The number of fused-ring (bicyclic) bond motifs is 7. The number of rotatable bonds is 2. The standard InChI is InChI=1S/C40H24N2O/c43-40-31-19-7-4-16-28(31)37(29-17-5-8-20-32(29)40)38-27-15-3-1-13-25(27)26-14-2-6-18-30(26)39(38)42-35-23-11-9-21-33(35)41-34-22-10-12-24-36(34)42/h1-24H. The summed E-state index contributed by atoms with van der Waals surface area (Å²) in [6, 6.07) is 50.1. The first-order chi connectivity index (χ1) is 21.3. The molecule has 9 rings (SSSR count). The van der Waals surface area contributed by atoms with Gasteiger partial charge in [-0.2, -0.15) is 0 Å². The van der Waals surface area contributed by atoms with Crippen molar-refractivity contribution in [2.24, 2.45) is 0 Å². The number of nitrogens with zero attached hydrogens (tertiary/aromatic N) is 2. The first-order valence-electron chi connectivity index (χ1n) is 14.5. The van der Waals surface area contributed by atoms with Gasteiger partial charge in [0.25, 0.3) is 0 Å². The van der Waals surface area contributed by atoms with Crippen molar-refractivity contribution in [3.63, 3.8) is 0 Å². The number of hydrogen-bond acceptors (Lipinski definition) is 2. The van der Waals surface area contributed by atoms with E-state index in [4.69, 9.17) is 4.98 Å². The third-order valence-corrected chi connectivity index (χ3v) is 8.75. The molecule has 0 saturated heterocycles. The molecule has 0 bridgehead atoms. The molecule has 8 aromatic carbocycles. The van der Waals surface area contributed by atoms with Crippen molar-refractivity contribution >= 4 is 65.2 Å². The molecule has 0 N–H and O–H groups in total. The molecular formula is C40H24N2O. The van der Waals surface area contributed by atoms with Gasteiger partial charge in [0.05, 0.1) is 10.9 Å². The monoisotopic (exact) mass is 548 g/mol. The van der Waals surface area contributed by atoms with Crippen LogP contribution in [0.1, 0.15) is 0 Å². The Hall–Kier alpha value is -5.80. The van der Waals surface area contributed by atoms with E-state index in [2.05, 4.69) is 102 Å². The second kappa shape index (κ2) is 9.10. The summed E-state index contributed by atoms with van der Waals surface area (Å²) < 4.78 is 2.39. The minimum atomic E-state index is 0.0639. The normalized spacial score (nSPS) is 11.8. The third kappa shape index (κ3) is 3.36. The molecule has 200 valence electrons. The van der Waals surface area contributed by atoms with Crippen LogP contribution in [-0.2, 0) is 0 Å². The van der Waals surface area contributed by atoms with Gasteiger partial charge in [0, 0.05) is 17.7 Å². The summed E-state index contributed by atoms with van der Waals surface area (Å²) in [5, 5.41) is 21.9. The van der Waals surface area contributed by atoms with Gasteiger partial charge in [-0.15, -0.1) is 4.57 Å². The van der Waals surface area contributed by atoms with E-state index >= 15 is 0 Å². The molecule has 0 saturated carbocycles. The maximum Gasteiger partial charge on any atom is 0.237 e. The fraction of sp³-hybridized carbons (Fsp3) is 0. The van der Waals surface area contributed by atoms with Crippen LogP contribution in [0.3, 0.4) is 0 Å². The first kappa shape index (κ1) is 23.9. The van der Waals surface area contributed by atoms with E-state index in [-0.39, 0.29) is 5.75 Å². The molecule has 1 heterocycles. The van der Waals surface area contributed by atoms with E-state index in [0.29, 0.717) is 0 Å². The van der Waals surface area contributed by atoms with Gasteiger partial charge in [0.15, 0.2) is 0 Å². The quantitative estimate of drug-likeness (QED) is 0.123. The SMILES string of the molecule is [O-]c1c2ccccc2c(-c2c(-[n+]3c4ccccc4nc4ccccc43)c3ccccc3c3ccccc23)c2ccccc12. The molecule has 0 spiro atoms. The zero-order valence-electron chi connectivity index (χ0n) is 23.2. The Morgan fingerprint density at radius 3 is 1.28 bits per heavy atom. The Labute approximate surface area is 247 Å². The van der Waals surface area contributed by atoms with Crippen molar-refractivity contribution in [2.75, 3.05) is 0 Å². The summed E-state index contributed by atoms with van der Waals surface area (Å²) in [7, 11) is 0. The second-order valence-electron chi connectivity index (χ2n) is 11.0. The largest absolute Gasteiger partial charge is 0.872 e. The number of aromatic nitrogens is 2. The Bertz CT molecular complexity index is 2470. The maximum absolute atomic E-state index is 13.8. The van der Waals surface area contributed by atoms with Crippen molar-refractivity contribution in [2.45, 2.75) is 0 Å². The Morgan fingerprint density at radius 2 is 0.744 bits per heavy atom. The van der Waals surface area contributed by atoms with E-state index in [1.807, 2.05) is 48.5 Å². The Balaban J connectivity index is 1.64. The second-order valence-corrected chi connectivity index (χ2v) is 11.0. The molecule has 3 nitrogen and oxygen atoms in total. The van der Waals surface area contributed by atoms with Gasteiger partial charge in [-0.25, -0.2) is 4.98 Å². The lowest BCUT2D eigenvalue weighted by Gasteiger charge is -2.22. The summed E-state index contributed by atoms with van der Waals surface area (Å²) in [4.78, 5) is 5.06. The summed E-state index contributed by atoms with van der Waals surface area (Å²) in [5.41, 5.74) is 7.16. The summed E-state index contributed by atoms with van der Waals surface area (Å²) in [6.45, 7) is 0. The van der Waals surface area contributed by atoms with Gasteiger partial charge in [0.1, 0.15) is 11.0 Å². The van der Waals surface area contributed by atoms with Gasteiger partial charge >= 0.3 is 0 Å². The Morgan fingerprint density at radius 1 is 0.372 bits per heavy atom. The van der Waals surface area contributed by atoms with Crippen molar-refractivity contribution in [1.82, 2.24) is 4.98 Å². The number of para-hydroxylation sites is 4. The predicted molar refractivity (Wildman–Crippen MR) is 176 cm³/mol. The summed E-state index contributed by atoms with van der Waals surface area (Å²) in [5.74, 6) is 0.0639. The molecule has 0 radical (unpaired) electrons. The van der Waals surface area contributed by atoms with Crippen molar-refractivity contribution < 1.29 is 9.67 Å². The Kier molecular flexibility index (Phi) is 5.05. The molecule has 43 heavy (non-hydrogen) atoms. The van der Waals surface area contributed by atoms with E-state index in [9.17, 15) is 5.11 Å². The van der Waals surface area contributed by atoms with Crippen LogP contribution in [-0.4, -0.2) is 4.98 Å². The highest BCUT2D eigenvalue weighted by Gasteiger charge is 2.29. The van der Waals surface area contributed by atoms with Crippen LogP contribution < -0.4 is 9.67 Å². The first-order valence-corrected chi connectivity index (χ1v) is 14.5. The maximum atomic E-state index is 13.8. The molecule has 0 aliphatic rings. The highest BCUT2D eigenvalue weighted by atomic mass is 16.3. The van der Waals surface area contributed by atoms with Gasteiger partial charge < -0.3 is 5.11 Å². The molecule has 0 amide bonds. The summed E-state index contributed by atoms with van der Waals surface area (Å²) >= 11 is 0. The zero-order chi connectivity index (χ0) is 28.5. The van der Waals surface area contributed by atoms with E-state index in [0.717, 1.165) is 71.2 Å². The average molecular weight is 549 g/mol. The van der Waals surface area contributed by atoms with Crippen LogP contribution in [0.15, 0.2) is 146 Å². The highest BCUT2D eigenvalue weighted by molar-refractivity contribution is 6.25. The number of hydrogen-bond donors (Lipinski definition) is 0. The molecule has 9 aromatic rings. The fourth-order valence-electron chi connectivity index (χ4n) is 6.96. The van der Waals surface area contributed by atoms with Gasteiger partial charge in [-0.05, 0) is 55.9 Å². The van der Waals surface area contributed by atoms with Crippen molar-refractivity contribution in [3.8, 4) is 22.6 Å². The molecule has 0 aliphatic carbocycles. The molecule has 3 heteroatoms. The smallest absolute Gasteiger partial charge is 0.237 e.